The maximum absolute atomic E-state index is 13.3. The van der Waals surface area contributed by atoms with E-state index in [1.165, 1.54) is 21.3 Å². The third-order valence-corrected chi connectivity index (χ3v) is 5.22. The number of hydrogen-bond donors (Lipinski definition) is 0. The topological polar surface area (TPSA) is 78.2 Å². The van der Waals surface area contributed by atoms with E-state index in [9.17, 15) is 9.59 Å². The lowest BCUT2D eigenvalue weighted by Crippen LogP contribution is -2.29. The zero-order valence-corrected chi connectivity index (χ0v) is 16.6. The zero-order chi connectivity index (χ0) is 20.7. The van der Waals surface area contributed by atoms with Crippen LogP contribution in [0.5, 0.6) is 17.2 Å². The van der Waals surface area contributed by atoms with E-state index in [1.54, 1.807) is 41.3 Å². The van der Waals surface area contributed by atoms with E-state index in [1.807, 2.05) is 6.92 Å². The number of amides is 1. The van der Waals surface area contributed by atoms with Crippen LogP contribution >= 0.6 is 0 Å². The predicted octanol–water partition coefficient (Wildman–Crippen LogP) is 3.38. The largest absolute Gasteiger partial charge is 0.493 e. The van der Waals surface area contributed by atoms with Crippen molar-refractivity contribution < 1.29 is 23.4 Å². The first-order valence-corrected chi connectivity index (χ1v) is 9.22. The molecule has 7 heteroatoms. The molecule has 2 heterocycles. The number of carbonyl (C=O) groups is 1. The number of rotatable bonds is 5. The molecule has 1 aliphatic rings. The molecule has 4 rings (SSSR count). The molecular weight excluding hydrogens is 374 g/mol. The van der Waals surface area contributed by atoms with Crippen molar-refractivity contribution in [2.45, 2.75) is 13.0 Å². The second-order valence-electron chi connectivity index (χ2n) is 6.62. The third-order valence-electron chi connectivity index (χ3n) is 5.22. The van der Waals surface area contributed by atoms with Crippen molar-refractivity contribution in [3.63, 3.8) is 0 Å². The Bertz CT molecular complexity index is 1140. The Kier molecular flexibility index (Phi) is 4.66. The fourth-order valence-corrected chi connectivity index (χ4v) is 3.90. The summed E-state index contributed by atoms with van der Waals surface area (Å²) in [6, 6.07) is 9.83. The molecule has 0 radical (unpaired) electrons. The van der Waals surface area contributed by atoms with Crippen LogP contribution in [-0.4, -0.2) is 38.7 Å². The molecule has 1 aromatic heterocycles. The summed E-state index contributed by atoms with van der Waals surface area (Å²) in [7, 11) is 4.57. The minimum absolute atomic E-state index is 0.0781. The molecule has 0 spiro atoms. The Hall–Kier alpha value is -3.48. The van der Waals surface area contributed by atoms with Crippen molar-refractivity contribution in [1.82, 2.24) is 4.90 Å². The highest BCUT2D eigenvalue weighted by atomic mass is 16.5. The van der Waals surface area contributed by atoms with E-state index in [0.717, 1.165) is 0 Å². The highest BCUT2D eigenvalue weighted by Gasteiger charge is 2.42. The summed E-state index contributed by atoms with van der Waals surface area (Å²) in [6.07, 6.45) is 0. The van der Waals surface area contributed by atoms with Gasteiger partial charge in [0.2, 0.25) is 11.5 Å². The summed E-state index contributed by atoms with van der Waals surface area (Å²) in [6.45, 7) is 2.26. The van der Waals surface area contributed by atoms with Crippen LogP contribution in [0.1, 0.15) is 34.6 Å². The number of methoxy groups -OCH3 is 3. The van der Waals surface area contributed by atoms with E-state index < -0.39 is 6.04 Å². The molecule has 0 saturated carbocycles. The highest BCUT2D eigenvalue weighted by Crippen LogP contribution is 2.44. The van der Waals surface area contributed by atoms with Gasteiger partial charge in [-0.3, -0.25) is 9.59 Å². The molecule has 0 saturated heterocycles. The first kappa shape index (κ1) is 18.9. The zero-order valence-electron chi connectivity index (χ0n) is 16.6. The average Bonchev–Trinajstić information content (AvgIpc) is 3.04. The van der Waals surface area contributed by atoms with Gasteiger partial charge in [-0.25, -0.2) is 0 Å². The molecule has 0 aliphatic carbocycles. The lowest BCUT2D eigenvalue weighted by atomic mass is 9.97. The quantitative estimate of drug-likeness (QED) is 0.659. The second kappa shape index (κ2) is 7.16. The number of ether oxygens (including phenoxy) is 3. The van der Waals surface area contributed by atoms with Crippen molar-refractivity contribution >= 4 is 16.9 Å². The Morgan fingerprint density at radius 1 is 1.00 bits per heavy atom. The van der Waals surface area contributed by atoms with Gasteiger partial charge < -0.3 is 23.5 Å². The number of benzene rings is 2. The monoisotopic (exact) mass is 395 g/mol. The van der Waals surface area contributed by atoms with E-state index >= 15 is 0 Å². The van der Waals surface area contributed by atoms with Gasteiger partial charge in [0.05, 0.1) is 38.3 Å². The summed E-state index contributed by atoms with van der Waals surface area (Å²) in [5, 5.41) is 0.439. The smallest absolute Gasteiger partial charge is 0.290 e. The van der Waals surface area contributed by atoms with E-state index in [4.69, 9.17) is 18.6 Å². The molecule has 1 amide bonds. The Morgan fingerprint density at radius 2 is 1.66 bits per heavy atom. The number of nitrogens with zero attached hydrogens (tertiary/aromatic N) is 1. The molecule has 29 heavy (non-hydrogen) atoms. The Morgan fingerprint density at radius 3 is 2.24 bits per heavy atom. The normalized spacial score (nSPS) is 15.5. The molecule has 150 valence electrons. The fourth-order valence-electron chi connectivity index (χ4n) is 3.90. The lowest BCUT2D eigenvalue weighted by molar-refractivity contribution is 0.0737. The molecule has 3 aromatic rings. The van der Waals surface area contributed by atoms with E-state index in [0.29, 0.717) is 45.9 Å². The molecule has 0 fully saturated rings. The van der Waals surface area contributed by atoms with Gasteiger partial charge in [-0.1, -0.05) is 12.1 Å². The first-order chi connectivity index (χ1) is 14.0. The van der Waals surface area contributed by atoms with Gasteiger partial charge in [0.1, 0.15) is 5.58 Å². The second-order valence-corrected chi connectivity index (χ2v) is 6.62. The number of fused-ring (bicyclic) bond motifs is 2. The van der Waals surface area contributed by atoms with Gasteiger partial charge >= 0.3 is 0 Å². The summed E-state index contributed by atoms with van der Waals surface area (Å²) >= 11 is 0. The summed E-state index contributed by atoms with van der Waals surface area (Å²) < 4.78 is 22.2. The number of carbonyl (C=O) groups excluding carboxylic acids is 1. The minimum Gasteiger partial charge on any atom is -0.493 e. The number of hydrogen-bond acceptors (Lipinski definition) is 6. The summed E-state index contributed by atoms with van der Waals surface area (Å²) in [5.41, 5.74) is 1.18. The Labute approximate surface area is 167 Å². The van der Waals surface area contributed by atoms with Crippen LogP contribution in [0.2, 0.25) is 0 Å². The van der Waals surface area contributed by atoms with Crippen molar-refractivity contribution in [3.05, 3.63) is 63.5 Å². The third kappa shape index (κ3) is 2.73. The number of para-hydroxylation sites is 1. The average molecular weight is 395 g/mol. The van der Waals surface area contributed by atoms with Crippen molar-refractivity contribution in [2.24, 2.45) is 0 Å². The standard InChI is InChI=1S/C22H21NO6/c1-5-23-18(12-10-15(26-2)20(28-4)16(11-12)27-3)17-19(24)13-8-6-7-9-14(13)29-21(17)22(23)25/h6-11,18H,5H2,1-4H3/t18-/m1/s1. The fraction of sp³-hybridized carbons (Fsp3) is 0.273. The molecule has 0 bridgehead atoms. The molecule has 0 N–H and O–H groups in total. The summed E-state index contributed by atoms with van der Waals surface area (Å²) in [5.74, 6) is 1.10. The maximum Gasteiger partial charge on any atom is 0.290 e. The van der Waals surface area contributed by atoms with Crippen molar-refractivity contribution in [1.29, 1.82) is 0 Å². The van der Waals surface area contributed by atoms with Crippen LogP contribution in [0.3, 0.4) is 0 Å². The molecular formula is C22H21NO6. The van der Waals surface area contributed by atoms with Gasteiger partial charge in [0.15, 0.2) is 16.9 Å². The van der Waals surface area contributed by atoms with Crippen LogP contribution in [0.25, 0.3) is 11.0 Å². The van der Waals surface area contributed by atoms with E-state index in [2.05, 4.69) is 0 Å². The SMILES string of the molecule is CCN1C(=O)c2oc3ccccc3c(=O)c2[C@H]1c1cc(OC)c(OC)c(OC)c1. The molecule has 1 aliphatic heterocycles. The highest BCUT2D eigenvalue weighted by molar-refractivity contribution is 5.99. The van der Waals surface area contributed by atoms with Crippen LogP contribution in [-0.2, 0) is 0 Å². The van der Waals surface area contributed by atoms with Gasteiger partial charge in [-0.2, -0.15) is 0 Å². The molecule has 0 unspecified atom stereocenters. The van der Waals surface area contributed by atoms with Crippen LogP contribution < -0.4 is 19.6 Å². The van der Waals surface area contributed by atoms with Gasteiger partial charge in [0.25, 0.3) is 5.91 Å². The molecule has 1 atom stereocenters. The lowest BCUT2D eigenvalue weighted by Gasteiger charge is -2.25. The first-order valence-electron chi connectivity index (χ1n) is 9.22. The van der Waals surface area contributed by atoms with Crippen molar-refractivity contribution in [2.75, 3.05) is 27.9 Å². The van der Waals surface area contributed by atoms with Crippen molar-refractivity contribution in [3.8, 4) is 17.2 Å². The predicted molar refractivity (Wildman–Crippen MR) is 107 cm³/mol. The van der Waals surface area contributed by atoms with Crippen LogP contribution in [0.15, 0.2) is 45.6 Å². The van der Waals surface area contributed by atoms with Crippen LogP contribution in [0, 0.1) is 0 Å². The molecule has 7 nitrogen and oxygen atoms in total. The van der Waals surface area contributed by atoms with Crippen LogP contribution in [0.4, 0.5) is 0 Å². The molecule has 2 aromatic carbocycles. The van der Waals surface area contributed by atoms with Gasteiger partial charge in [-0.15, -0.1) is 0 Å². The minimum atomic E-state index is -0.614. The maximum atomic E-state index is 13.3. The summed E-state index contributed by atoms with van der Waals surface area (Å²) in [4.78, 5) is 28.0. The van der Waals surface area contributed by atoms with Gasteiger partial charge in [-0.05, 0) is 36.8 Å². The van der Waals surface area contributed by atoms with Gasteiger partial charge in [0, 0.05) is 6.54 Å². The Balaban J connectivity index is 2.02. The van der Waals surface area contributed by atoms with E-state index in [-0.39, 0.29) is 17.1 Å².